The second kappa shape index (κ2) is 15.5. The lowest BCUT2D eigenvalue weighted by Gasteiger charge is -2.38. The van der Waals surface area contributed by atoms with Crippen molar-refractivity contribution in [2.45, 2.75) is 43.4 Å². The number of nitrogens with zero attached hydrogens (tertiary/aromatic N) is 1. The molecule has 1 heterocycles. The van der Waals surface area contributed by atoms with Gasteiger partial charge < -0.3 is 9.32 Å². The van der Waals surface area contributed by atoms with Crippen molar-refractivity contribution in [2.24, 2.45) is 5.92 Å². The van der Waals surface area contributed by atoms with Crippen molar-refractivity contribution in [1.82, 2.24) is 0 Å². The lowest BCUT2D eigenvalue weighted by atomic mass is 9.64. The van der Waals surface area contributed by atoms with Gasteiger partial charge in [0.1, 0.15) is 11.2 Å². The molecule has 2 atom stereocenters. The summed E-state index contributed by atoms with van der Waals surface area (Å²) < 4.78 is 6.56. The Kier molecular flexibility index (Phi) is 8.91. The van der Waals surface area contributed by atoms with E-state index >= 15 is 0 Å². The van der Waals surface area contributed by atoms with Gasteiger partial charge in [0.15, 0.2) is 0 Å². The molecule has 0 bridgehead atoms. The molecule has 1 aromatic heterocycles. The van der Waals surface area contributed by atoms with Gasteiger partial charge in [-0.2, -0.15) is 0 Å². The number of hydrogen-bond donors (Lipinski definition) is 0. The predicted molar refractivity (Wildman–Crippen MR) is 299 cm³/mol. The van der Waals surface area contributed by atoms with Crippen molar-refractivity contribution in [3.63, 3.8) is 0 Å². The van der Waals surface area contributed by atoms with Crippen molar-refractivity contribution in [3.05, 3.63) is 287 Å². The van der Waals surface area contributed by atoms with Crippen LogP contribution in [0.5, 0.6) is 0 Å². The summed E-state index contributed by atoms with van der Waals surface area (Å²) in [6.07, 6.45) is 13.9. The molecule has 342 valence electrons. The molecule has 0 saturated heterocycles. The summed E-state index contributed by atoms with van der Waals surface area (Å²) in [5.41, 5.74) is 26.5. The number of para-hydroxylation sites is 3. The molecule has 0 fully saturated rings. The van der Waals surface area contributed by atoms with Crippen LogP contribution < -0.4 is 4.90 Å². The second-order valence-corrected chi connectivity index (χ2v) is 21.0. The zero-order chi connectivity index (χ0) is 47.7. The van der Waals surface area contributed by atoms with E-state index in [1.165, 1.54) is 89.3 Å². The zero-order valence-corrected chi connectivity index (χ0v) is 40.4. The Morgan fingerprint density at radius 3 is 1.85 bits per heavy atom. The molecule has 15 rings (SSSR count). The van der Waals surface area contributed by atoms with Gasteiger partial charge in [0.25, 0.3) is 0 Å². The Labute approximate surface area is 421 Å². The van der Waals surface area contributed by atoms with Crippen LogP contribution in [0.25, 0.3) is 66.5 Å². The maximum Gasteiger partial charge on any atom is 0.143 e. The number of hydrogen-bond acceptors (Lipinski definition) is 2. The van der Waals surface area contributed by atoms with Crippen LogP contribution in [0.2, 0.25) is 0 Å². The lowest BCUT2D eigenvalue weighted by Crippen LogP contribution is -2.33. The Bertz CT molecular complexity index is 3990. The van der Waals surface area contributed by atoms with Crippen LogP contribution in [0, 0.1) is 5.92 Å². The first-order valence-electron chi connectivity index (χ1n) is 25.7. The highest BCUT2D eigenvalue weighted by Gasteiger charge is 2.58. The number of furan rings is 1. The molecule has 2 heteroatoms. The van der Waals surface area contributed by atoms with E-state index in [1.54, 1.807) is 0 Å². The molecule has 0 aliphatic heterocycles. The van der Waals surface area contributed by atoms with Crippen LogP contribution >= 0.6 is 0 Å². The van der Waals surface area contributed by atoms with Gasteiger partial charge in [0.05, 0.1) is 11.1 Å². The minimum atomic E-state index is -0.305. The molecule has 0 saturated carbocycles. The minimum Gasteiger partial charge on any atom is -0.455 e. The van der Waals surface area contributed by atoms with Crippen LogP contribution in [0.4, 0.5) is 11.4 Å². The van der Waals surface area contributed by atoms with Gasteiger partial charge in [-0.05, 0) is 127 Å². The van der Waals surface area contributed by atoms with Crippen molar-refractivity contribution in [3.8, 4) is 33.4 Å². The Hall–Kier alpha value is -8.46. The number of allylic oxidation sites excluding steroid dienone is 8. The standard InChI is InChI=1S/C70H51NO/c1-69(2)59-26-9-3-17-50(59)53-42-37-46(43-64(53)69)44-33-38-47(39-34-44)71(48-40-35-45(36-41-48)49-23-15-25-57-55-21-8-14-32-66(55)72-68(49)57)65-31-13-7-20-54(65)56-24-16-30-63-67(56)58-22-6-12-29-62(58)70(63)60-27-10-4-18-51(60)52-19-5-11-28-61(52)70/h3-33,35-38,40-43,63,67H,34,39H2,1-2H3. The molecule has 1 spiro atoms. The molecule has 0 N–H and O–H groups in total. The number of anilines is 2. The maximum atomic E-state index is 6.56. The summed E-state index contributed by atoms with van der Waals surface area (Å²) >= 11 is 0. The number of fused-ring (bicyclic) bond motifs is 16. The van der Waals surface area contributed by atoms with Crippen LogP contribution in [0.15, 0.2) is 247 Å². The highest BCUT2D eigenvalue weighted by atomic mass is 16.3. The Morgan fingerprint density at radius 1 is 0.472 bits per heavy atom. The van der Waals surface area contributed by atoms with Crippen molar-refractivity contribution < 1.29 is 4.42 Å². The first-order valence-corrected chi connectivity index (χ1v) is 25.7. The Morgan fingerprint density at radius 2 is 1.08 bits per heavy atom. The molecule has 9 aromatic carbocycles. The fourth-order valence-corrected chi connectivity index (χ4v) is 14.0. The number of benzene rings is 9. The summed E-state index contributed by atoms with van der Waals surface area (Å²) in [7, 11) is 0. The van der Waals surface area contributed by atoms with Crippen LogP contribution in [-0.2, 0) is 10.8 Å². The maximum absolute atomic E-state index is 6.56. The molecule has 2 unspecified atom stereocenters. The van der Waals surface area contributed by atoms with Crippen molar-refractivity contribution in [1.29, 1.82) is 0 Å². The van der Waals surface area contributed by atoms with Crippen LogP contribution in [0.3, 0.4) is 0 Å². The summed E-state index contributed by atoms with van der Waals surface area (Å²) in [4.78, 5) is 2.56. The highest BCUT2D eigenvalue weighted by molar-refractivity contribution is 6.09. The smallest absolute Gasteiger partial charge is 0.143 e. The van der Waals surface area contributed by atoms with Crippen molar-refractivity contribution >= 4 is 44.5 Å². The van der Waals surface area contributed by atoms with E-state index in [4.69, 9.17) is 4.42 Å². The van der Waals surface area contributed by atoms with E-state index in [0.29, 0.717) is 0 Å². The fourth-order valence-electron chi connectivity index (χ4n) is 14.0. The zero-order valence-electron chi connectivity index (χ0n) is 40.4. The third-order valence-corrected chi connectivity index (χ3v) is 17.2. The topological polar surface area (TPSA) is 16.4 Å². The molecule has 10 aromatic rings. The molecule has 5 aliphatic carbocycles. The predicted octanol–water partition coefficient (Wildman–Crippen LogP) is 18.1. The van der Waals surface area contributed by atoms with Gasteiger partial charge >= 0.3 is 0 Å². The molecule has 5 aliphatic rings. The van der Waals surface area contributed by atoms with E-state index in [-0.39, 0.29) is 22.7 Å². The number of rotatable bonds is 6. The van der Waals surface area contributed by atoms with Gasteiger partial charge in [-0.1, -0.05) is 214 Å². The van der Waals surface area contributed by atoms with Crippen molar-refractivity contribution in [2.75, 3.05) is 4.90 Å². The first kappa shape index (κ1) is 41.3. The van der Waals surface area contributed by atoms with E-state index in [2.05, 4.69) is 249 Å². The summed E-state index contributed by atoms with van der Waals surface area (Å²) in [6.45, 7) is 4.75. The second-order valence-electron chi connectivity index (χ2n) is 21.0. The van der Waals surface area contributed by atoms with Gasteiger partial charge in [-0.3, -0.25) is 0 Å². The SMILES string of the molecule is CC1(C)c2ccccc2-c2ccc(C3=CC=C(N(c4ccc(-c5cccc6c5oc5ccccc56)cc4)c4ccccc4C4=CC=CC5C4c4ccccc4C54c5ccccc5-c5ccccc54)CC3)cc21. The van der Waals surface area contributed by atoms with E-state index in [1.807, 2.05) is 6.07 Å². The van der Waals surface area contributed by atoms with E-state index in [0.717, 1.165) is 51.6 Å². The molecule has 0 radical (unpaired) electrons. The molecular formula is C70H51NO. The van der Waals surface area contributed by atoms with Crippen LogP contribution in [0.1, 0.15) is 77.1 Å². The normalized spacial score (nSPS) is 18.2. The largest absolute Gasteiger partial charge is 0.455 e. The van der Waals surface area contributed by atoms with Gasteiger partial charge in [-0.25, -0.2) is 0 Å². The summed E-state index contributed by atoms with van der Waals surface area (Å²) in [5, 5.41) is 2.28. The van der Waals surface area contributed by atoms with Crippen LogP contribution in [-0.4, -0.2) is 0 Å². The quantitative estimate of drug-likeness (QED) is 0.165. The third-order valence-electron chi connectivity index (χ3n) is 17.2. The van der Waals surface area contributed by atoms with E-state index in [9.17, 15) is 0 Å². The molecular weight excluding hydrogens is 871 g/mol. The monoisotopic (exact) mass is 921 g/mol. The molecule has 2 nitrogen and oxygen atoms in total. The van der Waals surface area contributed by atoms with Gasteiger partial charge in [-0.15, -0.1) is 0 Å². The average Bonchev–Trinajstić information content (AvgIpc) is 4.14. The third kappa shape index (κ3) is 5.72. The van der Waals surface area contributed by atoms with Gasteiger partial charge in [0.2, 0.25) is 0 Å². The highest BCUT2D eigenvalue weighted by Crippen LogP contribution is 2.67. The average molecular weight is 922 g/mol. The first-order chi connectivity index (χ1) is 35.5. The van der Waals surface area contributed by atoms with Gasteiger partial charge in [0, 0.05) is 50.5 Å². The summed E-state index contributed by atoms with van der Waals surface area (Å²) in [6, 6.07) is 77.1. The molecule has 72 heavy (non-hydrogen) atoms. The minimum absolute atomic E-state index is 0.0488. The lowest BCUT2D eigenvalue weighted by molar-refractivity contribution is 0.472. The fraction of sp³-hybridized carbons (Fsp3) is 0.114. The Balaban J connectivity index is 0.872. The van der Waals surface area contributed by atoms with E-state index < -0.39 is 0 Å². The summed E-state index contributed by atoms with van der Waals surface area (Å²) in [5.74, 6) is 0.327. The molecule has 0 amide bonds.